The van der Waals surface area contributed by atoms with Crippen molar-refractivity contribution in [3.05, 3.63) is 95.0 Å². The molecule has 0 aliphatic carbocycles. The minimum atomic E-state index is -3.61. The zero-order valence-electron chi connectivity index (χ0n) is 23.8. The molecular formula is C31H38ClN3O5S. The number of hydrogen-bond donors (Lipinski definition) is 1. The summed E-state index contributed by atoms with van der Waals surface area (Å²) in [6.45, 7) is 4.87. The molecular weight excluding hydrogens is 562 g/mol. The zero-order valence-corrected chi connectivity index (χ0v) is 25.3. The lowest BCUT2D eigenvalue weighted by atomic mass is 10.0. The topological polar surface area (TPSA) is 96.0 Å². The van der Waals surface area contributed by atoms with Gasteiger partial charge in [0.05, 0.1) is 18.6 Å². The van der Waals surface area contributed by atoms with Gasteiger partial charge in [-0.15, -0.1) is 0 Å². The second kappa shape index (κ2) is 15.4. The summed E-state index contributed by atoms with van der Waals surface area (Å²) in [5, 5.41) is 3.37. The zero-order chi connectivity index (χ0) is 29.8. The van der Waals surface area contributed by atoms with Gasteiger partial charge in [0.1, 0.15) is 11.8 Å². The van der Waals surface area contributed by atoms with Gasteiger partial charge in [-0.25, -0.2) is 8.42 Å². The molecule has 0 saturated heterocycles. The van der Waals surface area contributed by atoms with Gasteiger partial charge in [-0.05, 0) is 61.7 Å². The van der Waals surface area contributed by atoms with Crippen molar-refractivity contribution in [3.63, 3.8) is 0 Å². The van der Waals surface area contributed by atoms with Crippen LogP contribution in [-0.2, 0) is 32.6 Å². The molecule has 0 fully saturated rings. The number of carbonyl (C=O) groups is 2. The van der Waals surface area contributed by atoms with Crippen molar-refractivity contribution < 1.29 is 22.7 Å². The molecule has 0 aromatic heterocycles. The number of halogens is 1. The third-order valence-electron chi connectivity index (χ3n) is 6.51. The fourth-order valence-electron chi connectivity index (χ4n) is 4.54. The van der Waals surface area contributed by atoms with Crippen molar-refractivity contribution in [1.82, 2.24) is 10.2 Å². The number of ether oxygens (including phenoxy) is 1. The molecule has 2 amide bonds. The lowest BCUT2D eigenvalue weighted by Gasteiger charge is -2.32. The highest BCUT2D eigenvalue weighted by Crippen LogP contribution is 2.24. The van der Waals surface area contributed by atoms with E-state index < -0.39 is 16.1 Å². The van der Waals surface area contributed by atoms with Crippen molar-refractivity contribution in [2.45, 2.75) is 45.7 Å². The Balaban J connectivity index is 1.85. The maximum Gasteiger partial charge on any atom is 0.243 e. The quantitative estimate of drug-likeness (QED) is 0.263. The second-order valence-corrected chi connectivity index (χ2v) is 11.9. The average Bonchev–Trinajstić information content (AvgIpc) is 2.94. The largest absolute Gasteiger partial charge is 0.494 e. The minimum absolute atomic E-state index is 0.0399. The number of nitrogens with zero attached hydrogens (tertiary/aromatic N) is 2. The van der Waals surface area contributed by atoms with Gasteiger partial charge in [0.2, 0.25) is 21.8 Å². The molecule has 0 aliphatic rings. The lowest BCUT2D eigenvalue weighted by Crippen LogP contribution is -2.50. The van der Waals surface area contributed by atoms with Crippen LogP contribution in [0.15, 0.2) is 78.9 Å². The highest BCUT2D eigenvalue weighted by atomic mass is 35.5. The highest BCUT2D eigenvalue weighted by Gasteiger charge is 2.30. The van der Waals surface area contributed by atoms with Crippen LogP contribution in [0.4, 0.5) is 5.69 Å². The summed E-state index contributed by atoms with van der Waals surface area (Å²) in [5.41, 5.74) is 2.12. The predicted octanol–water partition coefficient (Wildman–Crippen LogP) is 5.06. The monoisotopic (exact) mass is 599 g/mol. The van der Waals surface area contributed by atoms with Crippen molar-refractivity contribution in [1.29, 1.82) is 0 Å². The van der Waals surface area contributed by atoms with Crippen molar-refractivity contribution in [2.24, 2.45) is 0 Å². The first-order valence-corrected chi connectivity index (χ1v) is 15.9. The summed E-state index contributed by atoms with van der Waals surface area (Å²) in [6, 6.07) is 22.8. The van der Waals surface area contributed by atoms with Gasteiger partial charge >= 0.3 is 0 Å². The minimum Gasteiger partial charge on any atom is -0.494 e. The Kier molecular flexibility index (Phi) is 12.0. The van der Waals surface area contributed by atoms with E-state index in [1.165, 1.54) is 4.31 Å². The Morgan fingerprint density at radius 1 is 0.951 bits per heavy atom. The van der Waals surface area contributed by atoms with E-state index in [0.717, 1.165) is 17.4 Å². The summed E-state index contributed by atoms with van der Waals surface area (Å²) in [6.07, 6.45) is 1.76. The summed E-state index contributed by atoms with van der Waals surface area (Å²) in [5.74, 6) is 0.117. The fourth-order valence-corrected chi connectivity index (χ4v) is 5.70. The number of carbonyl (C=O) groups excluding carboxylic acids is 2. The summed E-state index contributed by atoms with van der Waals surface area (Å²) in [4.78, 5) is 28.7. The molecule has 0 radical (unpaired) electrons. The molecule has 8 nitrogen and oxygen atoms in total. The van der Waals surface area contributed by atoms with Gasteiger partial charge in [-0.3, -0.25) is 13.9 Å². The van der Waals surface area contributed by atoms with Gasteiger partial charge in [0.25, 0.3) is 0 Å². The molecule has 0 spiro atoms. The SMILES string of the molecule is CCNC(=O)[C@H](Cc1ccccc1)N(Cc1ccccc1Cl)C(=O)CCCN(c1ccc(OCC)cc1)S(C)(=O)=O. The van der Waals surface area contributed by atoms with E-state index in [4.69, 9.17) is 16.3 Å². The molecule has 0 saturated carbocycles. The second-order valence-electron chi connectivity index (χ2n) is 9.58. The molecule has 3 aromatic carbocycles. The van der Waals surface area contributed by atoms with Gasteiger partial charge < -0.3 is 15.0 Å². The molecule has 220 valence electrons. The fraction of sp³-hybridized carbons (Fsp3) is 0.355. The maximum absolute atomic E-state index is 13.8. The van der Waals surface area contributed by atoms with Crippen LogP contribution in [-0.4, -0.2) is 57.1 Å². The van der Waals surface area contributed by atoms with Crippen LogP contribution in [0.25, 0.3) is 0 Å². The van der Waals surface area contributed by atoms with Crippen LogP contribution in [0.1, 0.15) is 37.8 Å². The number of likely N-dealkylation sites (N-methyl/N-ethyl adjacent to an activating group) is 1. The highest BCUT2D eigenvalue weighted by molar-refractivity contribution is 7.92. The standard InChI is InChI=1S/C31H38ClN3O5S/c1-4-33-31(37)29(22-24-12-7-6-8-13-24)34(23-25-14-9-10-15-28(25)32)30(36)16-11-21-35(41(3,38)39)26-17-19-27(20-18-26)40-5-2/h6-10,12-15,17-20,29H,4-5,11,16,21-23H2,1-3H3,(H,33,37)/t29-/m0/s1. The number of hydrogen-bond acceptors (Lipinski definition) is 5. The Bertz CT molecular complexity index is 1380. The summed E-state index contributed by atoms with van der Waals surface area (Å²) >= 11 is 6.45. The molecule has 1 atom stereocenters. The van der Waals surface area contributed by atoms with Gasteiger partial charge in [-0.2, -0.15) is 0 Å². The van der Waals surface area contributed by atoms with E-state index in [9.17, 15) is 18.0 Å². The third kappa shape index (κ3) is 9.50. The van der Waals surface area contributed by atoms with Crippen LogP contribution in [0.3, 0.4) is 0 Å². The smallest absolute Gasteiger partial charge is 0.243 e. The molecule has 0 heterocycles. The van der Waals surface area contributed by atoms with E-state index in [-0.39, 0.29) is 37.7 Å². The lowest BCUT2D eigenvalue weighted by molar-refractivity contribution is -0.141. The number of amides is 2. The molecule has 3 rings (SSSR count). The Hall–Kier alpha value is -3.56. The normalized spacial score (nSPS) is 11.9. The van der Waals surface area contributed by atoms with Crippen LogP contribution < -0.4 is 14.4 Å². The number of rotatable bonds is 15. The maximum atomic E-state index is 13.8. The summed E-state index contributed by atoms with van der Waals surface area (Å²) in [7, 11) is -3.61. The molecule has 3 aromatic rings. The van der Waals surface area contributed by atoms with Crippen LogP contribution in [0.2, 0.25) is 5.02 Å². The first-order chi connectivity index (χ1) is 19.6. The van der Waals surface area contributed by atoms with Crippen LogP contribution >= 0.6 is 11.6 Å². The Labute approximate surface area is 248 Å². The van der Waals surface area contributed by atoms with E-state index >= 15 is 0 Å². The van der Waals surface area contributed by atoms with E-state index in [0.29, 0.717) is 36.0 Å². The first kappa shape index (κ1) is 32.0. The van der Waals surface area contributed by atoms with Gasteiger partial charge in [0.15, 0.2) is 0 Å². The van der Waals surface area contributed by atoms with Crippen molar-refractivity contribution in [2.75, 3.05) is 30.3 Å². The van der Waals surface area contributed by atoms with Gasteiger partial charge in [-0.1, -0.05) is 60.1 Å². The number of nitrogens with one attached hydrogen (secondary N) is 1. The number of benzene rings is 3. The van der Waals surface area contributed by atoms with E-state index in [1.54, 1.807) is 35.2 Å². The molecule has 10 heteroatoms. The van der Waals surface area contributed by atoms with Crippen molar-refractivity contribution >= 4 is 39.1 Å². The molecule has 0 bridgehead atoms. The predicted molar refractivity (Wildman–Crippen MR) is 164 cm³/mol. The molecule has 41 heavy (non-hydrogen) atoms. The van der Waals surface area contributed by atoms with Crippen LogP contribution in [0.5, 0.6) is 5.75 Å². The third-order valence-corrected chi connectivity index (χ3v) is 8.07. The number of anilines is 1. The number of sulfonamides is 1. The van der Waals surface area contributed by atoms with E-state index in [2.05, 4.69) is 5.32 Å². The van der Waals surface area contributed by atoms with E-state index in [1.807, 2.05) is 62.4 Å². The van der Waals surface area contributed by atoms with Gasteiger partial charge in [0, 0.05) is 37.5 Å². The molecule has 1 N–H and O–H groups in total. The van der Waals surface area contributed by atoms with Crippen LogP contribution in [0, 0.1) is 0 Å². The Morgan fingerprint density at radius 3 is 2.22 bits per heavy atom. The molecule has 0 aliphatic heterocycles. The summed E-state index contributed by atoms with van der Waals surface area (Å²) < 4.78 is 32.0. The average molecular weight is 600 g/mol. The van der Waals surface area contributed by atoms with Crippen molar-refractivity contribution in [3.8, 4) is 5.75 Å². The first-order valence-electron chi connectivity index (χ1n) is 13.7. The Morgan fingerprint density at radius 2 is 1.61 bits per heavy atom. The molecule has 0 unspecified atom stereocenters.